The molecular weight excluding hydrogens is 449 g/mol. The fourth-order valence-electron chi connectivity index (χ4n) is 6.40. The van der Waals surface area contributed by atoms with Crippen molar-refractivity contribution in [1.82, 2.24) is 4.90 Å². The Morgan fingerprint density at radius 1 is 1.18 bits per heavy atom. The summed E-state index contributed by atoms with van der Waals surface area (Å²) in [6, 6.07) is 7.06. The van der Waals surface area contributed by atoms with Crippen LogP contribution < -0.4 is 15.0 Å². The highest BCUT2D eigenvalue weighted by Gasteiger charge is 2.74. The van der Waals surface area contributed by atoms with Crippen LogP contribution in [0, 0.1) is 24.6 Å². The number of amides is 3. The molecule has 4 aliphatic heterocycles. The zero-order valence-electron chi connectivity index (χ0n) is 18.0. The largest absolute Gasteiger partial charge is 0.495 e. The van der Waals surface area contributed by atoms with E-state index >= 15 is 0 Å². The Morgan fingerprint density at radius 2 is 1.97 bits per heavy atom. The fraction of sp³-hybridized carbons (Fsp3) is 0.375. The van der Waals surface area contributed by atoms with Crippen LogP contribution in [0.5, 0.6) is 5.75 Å². The normalized spacial score (nSPS) is 30.1. The minimum atomic E-state index is -1.42. The van der Waals surface area contributed by atoms with Gasteiger partial charge in [0.1, 0.15) is 17.1 Å². The van der Waals surface area contributed by atoms with Gasteiger partial charge in [-0.25, -0.2) is 9.29 Å². The molecule has 4 aliphatic rings. The number of halogens is 2. The van der Waals surface area contributed by atoms with Gasteiger partial charge in [-0.2, -0.15) is 0 Å². The van der Waals surface area contributed by atoms with E-state index in [9.17, 15) is 18.8 Å². The first kappa shape index (κ1) is 20.6. The molecule has 6 rings (SSSR count). The molecule has 1 N–H and O–H groups in total. The topological polar surface area (TPSA) is 78.9 Å². The van der Waals surface area contributed by atoms with Gasteiger partial charge in [-0.05, 0) is 56.1 Å². The lowest BCUT2D eigenvalue weighted by atomic mass is 9.75. The number of fused-ring (bicyclic) bond motifs is 7. The van der Waals surface area contributed by atoms with E-state index in [0.29, 0.717) is 46.2 Å². The summed E-state index contributed by atoms with van der Waals surface area (Å²) in [4.78, 5) is 44.5. The number of hydrogen-bond acceptors (Lipinski definition) is 5. The molecule has 3 fully saturated rings. The number of carbonyl (C=O) groups is 3. The number of benzene rings is 2. The number of imide groups is 1. The summed E-state index contributed by atoms with van der Waals surface area (Å²) in [5.41, 5.74) is 0.481. The maximum absolute atomic E-state index is 14.4. The molecule has 7 nitrogen and oxygen atoms in total. The summed E-state index contributed by atoms with van der Waals surface area (Å²) in [5, 5.41) is 3.29. The molecule has 0 radical (unpaired) electrons. The number of carbonyl (C=O) groups excluding carboxylic acids is 3. The van der Waals surface area contributed by atoms with Gasteiger partial charge < -0.3 is 10.1 Å². The molecule has 3 amide bonds. The first-order chi connectivity index (χ1) is 15.8. The van der Waals surface area contributed by atoms with Gasteiger partial charge in [0.15, 0.2) is 0 Å². The summed E-state index contributed by atoms with van der Waals surface area (Å²) < 4.78 is 19.8. The van der Waals surface area contributed by atoms with Gasteiger partial charge in [-0.1, -0.05) is 11.6 Å². The number of nitrogens with one attached hydrogen (secondary N) is 1. The third kappa shape index (κ3) is 2.40. The Kier molecular flexibility index (Phi) is 4.23. The number of methoxy groups -OCH3 is 1. The van der Waals surface area contributed by atoms with E-state index in [1.165, 1.54) is 25.3 Å². The predicted octanol–water partition coefficient (Wildman–Crippen LogP) is 3.23. The van der Waals surface area contributed by atoms with Crippen molar-refractivity contribution in [3.05, 3.63) is 52.3 Å². The molecule has 33 heavy (non-hydrogen) atoms. The van der Waals surface area contributed by atoms with E-state index in [2.05, 4.69) is 5.32 Å². The predicted molar refractivity (Wildman–Crippen MR) is 119 cm³/mol. The van der Waals surface area contributed by atoms with Crippen molar-refractivity contribution in [2.75, 3.05) is 23.9 Å². The molecule has 170 valence electrons. The number of nitrogens with zero attached hydrogens (tertiary/aromatic N) is 2. The quantitative estimate of drug-likeness (QED) is 0.683. The first-order valence-corrected chi connectivity index (χ1v) is 11.3. The van der Waals surface area contributed by atoms with Crippen LogP contribution in [-0.4, -0.2) is 42.3 Å². The molecule has 2 aromatic rings. The smallest absolute Gasteiger partial charge is 0.250 e. The van der Waals surface area contributed by atoms with Crippen LogP contribution in [-0.2, 0) is 19.9 Å². The van der Waals surface area contributed by atoms with Gasteiger partial charge in [-0.3, -0.25) is 19.3 Å². The van der Waals surface area contributed by atoms with E-state index in [4.69, 9.17) is 16.3 Å². The lowest BCUT2D eigenvalue weighted by Crippen LogP contribution is -2.54. The molecule has 9 heteroatoms. The van der Waals surface area contributed by atoms with Crippen molar-refractivity contribution >= 4 is 40.7 Å². The van der Waals surface area contributed by atoms with Crippen molar-refractivity contribution < 1.29 is 23.5 Å². The van der Waals surface area contributed by atoms with Crippen molar-refractivity contribution in [1.29, 1.82) is 0 Å². The zero-order chi connectivity index (χ0) is 23.2. The van der Waals surface area contributed by atoms with Crippen LogP contribution in [0.1, 0.15) is 24.0 Å². The molecule has 4 atom stereocenters. The highest BCUT2D eigenvalue weighted by molar-refractivity contribution is 6.32. The lowest BCUT2D eigenvalue weighted by Gasteiger charge is -2.36. The number of hydrogen-bond donors (Lipinski definition) is 1. The van der Waals surface area contributed by atoms with E-state index in [-0.39, 0.29) is 17.9 Å². The summed E-state index contributed by atoms with van der Waals surface area (Å²) in [5.74, 6) is -3.09. The molecule has 0 aliphatic carbocycles. The molecule has 4 heterocycles. The van der Waals surface area contributed by atoms with Gasteiger partial charge in [0.25, 0.3) is 0 Å². The molecule has 0 saturated carbocycles. The third-order valence-electron chi connectivity index (χ3n) is 7.66. The average Bonchev–Trinajstić information content (AvgIpc) is 3.48. The summed E-state index contributed by atoms with van der Waals surface area (Å²) in [7, 11) is 1.44. The lowest BCUT2D eigenvalue weighted by molar-refractivity contribution is -0.135. The number of rotatable bonds is 2. The van der Waals surface area contributed by atoms with Gasteiger partial charge in [-0.15, -0.1) is 0 Å². The van der Waals surface area contributed by atoms with Crippen LogP contribution in [0.2, 0.25) is 5.02 Å². The molecule has 0 bridgehead atoms. The molecule has 0 aromatic heterocycles. The van der Waals surface area contributed by atoms with Crippen molar-refractivity contribution in [3.8, 4) is 5.75 Å². The van der Waals surface area contributed by atoms with Crippen LogP contribution in [0.3, 0.4) is 0 Å². The molecule has 0 unspecified atom stereocenters. The second kappa shape index (κ2) is 6.77. The Morgan fingerprint density at radius 3 is 2.73 bits per heavy atom. The minimum absolute atomic E-state index is 0.282. The molecular formula is C24H21ClFN3O4. The Balaban J connectivity index is 1.56. The summed E-state index contributed by atoms with van der Waals surface area (Å²) in [6.07, 6.45) is 1.48. The SMILES string of the molecule is COc1cc(Cl)c(C)cc1N1C(=O)[C@H]2[C@@H](C1=O)[C@@]1(C(=O)Nc3ccc(F)cc31)N1CCC[C@@H]21. The Bertz CT molecular complexity index is 1270. The fourth-order valence-corrected chi connectivity index (χ4v) is 6.55. The van der Waals surface area contributed by atoms with Crippen molar-refractivity contribution in [2.45, 2.75) is 31.3 Å². The Hall–Kier alpha value is -2.97. The molecule has 1 spiro atoms. The van der Waals surface area contributed by atoms with Crippen molar-refractivity contribution in [3.63, 3.8) is 0 Å². The number of aryl methyl sites for hydroxylation is 1. The maximum Gasteiger partial charge on any atom is 0.250 e. The zero-order valence-corrected chi connectivity index (χ0v) is 18.8. The van der Waals surface area contributed by atoms with Crippen LogP contribution in [0.4, 0.5) is 15.8 Å². The van der Waals surface area contributed by atoms with Crippen molar-refractivity contribution in [2.24, 2.45) is 11.8 Å². The van der Waals surface area contributed by atoms with Gasteiger partial charge >= 0.3 is 0 Å². The van der Waals surface area contributed by atoms with Crippen LogP contribution in [0.25, 0.3) is 0 Å². The highest BCUT2D eigenvalue weighted by Crippen LogP contribution is 2.61. The highest BCUT2D eigenvalue weighted by atomic mass is 35.5. The van der Waals surface area contributed by atoms with Crippen LogP contribution in [0.15, 0.2) is 30.3 Å². The minimum Gasteiger partial charge on any atom is -0.495 e. The third-order valence-corrected chi connectivity index (χ3v) is 8.06. The number of anilines is 2. The first-order valence-electron chi connectivity index (χ1n) is 10.9. The van der Waals surface area contributed by atoms with Gasteiger partial charge in [0.05, 0.1) is 24.6 Å². The monoisotopic (exact) mass is 469 g/mol. The van der Waals surface area contributed by atoms with E-state index in [1.807, 2.05) is 4.90 Å². The average molecular weight is 470 g/mol. The van der Waals surface area contributed by atoms with E-state index in [0.717, 1.165) is 11.3 Å². The Labute approximate surface area is 194 Å². The summed E-state index contributed by atoms with van der Waals surface area (Å²) in [6.45, 7) is 2.34. The molecule has 2 aromatic carbocycles. The summed E-state index contributed by atoms with van der Waals surface area (Å²) >= 11 is 6.24. The molecule has 3 saturated heterocycles. The second-order valence-corrected chi connectivity index (χ2v) is 9.51. The standard InChI is InChI=1S/C24H21ClFN3O4/c1-11-8-17(18(33-2)10-14(11)25)29-21(30)19-16-4-3-7-28(16)24(20(19)22(29)31)13-9-12(26)5-6-15(13)27-23(24)32/h5-6,8-10,16,19-20H,3-4,7H2,1-2H3,(H,27,32)/t16-,19+,20-,24-/m0/s1. The van der Waals surface area contributed by atoms with Gasteiger partial charge in [0.2, 0.25) is 17.7 Å². The number of ether oxygens (including phenoxy) is 1. The maximum atomic E-state index is 14.4. The second-order valence-electron chi connectivity index (χ2n) is 9.10. The van der Waals surface area contributed by atoms with E-state index in [1.54, 1.807) is 19.1 Å². The van der Waals surface area contributed by atoms with Gasteiger partial charge in [0, 0.05) is 28.4 Å². The van der Waals surface area contributed by atoms with Crippen LogP contribution >= 0.6 is 11.6 Å². The van der Waals surface area contributed by atoms with E-state index < -0.39 is 29.1 Å².